The topological polar surface area (TPSA) is 212 Å². The van der Waals surface area contributed by atoms with E-state index in [0.717, 1.165) is 22.9 Å². The van der Waals surface area contributed by atoms with Gasteiger partial charge in [0.15, 0.2) is 0 Å². The first-order valence-corrected chi connectivity index (χ1v) is 15.4. The highest BCUT2D eigenvalue weighted by Gasteiger charge is 2.54. The van der Waals surface area contributed by atoms with Crippen LogP contribution >= 0.6 is 11.8 Å². The highest BCUT2D eigenvalue weighted by molar-refractivity contribution is 8.00. The third-order valence-corrected chi connectivity index (χ3v) is 9.10. The van der Waals surface area contributed by atoms with Crippen LogP contribution in [0.3, 0.4) is 0 Å². The van der Waals surface area contributed by atoms with Crippen molar-refractivity contribution in [3.8, 4) is 0 Å². The molecule has 226 valence electrons. The van der Waals surface area contributed by atoms with E-state index < -0.39 is 63.4 Å². The number of hydrogen-bond acceptors (Lipinski definition) is 10. The molecule has 0 aliphatic carbocycles. The van der Waals surface area contributed by atoms with Crippen LogP contribution in [0.5, 0.6) is 0 Å². The number of ether oxygens (including phenoxy) is 1. The van der Waals surface area contributed by atoms with Gasteiger partial charge >= 0.3 is 24.1 Å². The van der Waals surface area contributed by atoms with Gasteiger partial charge in [-0.05, 0) is 12.0 Å². The summed E-state index contributed by atoms with van der Waals surface area (Å²) in [5.41, 5.74) is 0.173. The van der Waals surface area contributed by atoms with Crippen molar-refractivity contribution in [3.63, 3.8) is 0 Å². The van der Waals surface area contributed by atoms with Gasteiger partial charge in [0.2, 0.25) is 15.9 Å². The molecule has 3 heterocycles. The number of sulfonamides is 1. The number of carbonyl (C=O) groups excluding carboxylic acids is 5. The fourth-order valence-electron chi connectivity index (χ4n) is 4.60. The fraction of sp³-hybridized carbons (Fsp3) is 0.417. The number of fused-ring (bicyclic) bond motifs is 1. The van der Waals surface area contributed by atoms with Crippen LogP contribution in [-0.2, 0) is 29.1 Å². The van der Waals surface area contributed by atoms with Gasteiger partial charge in [0.25, 0.3) is 5.91 Å². The third-order valence-electron chi connectivity index (χ3n) is 6.62. The summed E-state index contributed by atoms with van der Waals surface area (Å²) < 4.78 is 29.5. The van der Waals surface area contributed by atoms with E-state index in [2.05, 4.69) is 16.0 Å². The number of nitrogens with one attached hydrogen (secondary N) is 3. The average molecular weight is 625 g/mol. The molecule has 18 heteroatoms. The van der Waals surface area contributed by atoms with Crippen molar-refractivity contribution in [1.29, 1.82) is 0 Å². The summed E-state index contributed by atoms with van der Waals surface area (Å²) >= 11 is 1.16. The predicted octanol–water partition coefficient (Wildman–Crippen LogP) is -0.381. The van der Waals surface area contributed by atoms with Gasteiger partial charge in [-0.2, -0.15) is 0 Å². The van der Waals surface area contributed by atoms with Crippen LogP contribution in [0.4, 0.5) is 14.4 Å². The van der Waals surface area contributed by atoms with Crippen molar-refractivity contribution in [2.45, 2.75) is 23.9 Å². The van der Waals surface area contributed by atoms with E-state index in [4.69, 9.17) is 4.74 Å². The number of hydrogen-bond donors (Lipinski definition) is 4. The number of carboxylic acid groups (broad SMARTS) is 1. The van der Waals surface area contributed by atoms with Gasteiger partial charge in [0.1, 0.15) is 29.8 Å². The molecule has 2 unspecified atom stereocenters. The first kappa shape index (κ1) is 30.6. The summed E-state index contributed by atoms with van der Waals surface area (Å²) in [6.45, 7) is -0.517. The number of thioether (sulfide) groups is 1. The number of benzene rings is 1. The van der Waals surface area contributed by atoms with Crippen LogP contribution in [0.25, 0.3) is 0 Å². The van der Waals surface area contributed by atoms with E-state index in [1.54, 1.807) is 30.3 Å². The molecule has 2 saturated heterocycles. The number of alkyl carbamates (subject to hydrolysis) is 1. The van der Waals surface area contributed by atoms with Gasteiger partial charge in [-0.3, -0.25) is 14.5 Å². The van der Waals surface area contributed by atoms with Gasteiger partial charge in [-0.15, -0.1) is 11.8 Å². The lowest BCUT2D eigenvalue weighted by atomic mass is 10.0. The van der Waals surface area contributed by atoms with Crippen molar-refractivity contribution in [2.24, 2.45) is 0 Å². The molecule has 16 nitrogen and oxygen atoms in total. The molecule has 4 N–H and O–H groups in total. The molecule has 2 fully saturated rings. The van der Waals surface area contributed by atoms with E-state index in [9.17, 15) is 42.3 Å². The van der Waals surface area contributed by atoms with Gasteiger partial charge in [0.05, 0.1) is 6.26 Å². The van der Waals surface area contributed by atoms with Gasteiger partial charge < -0.3 is 25.8 Å². The van der Waals surface area contributed by atoms with Crippen molar-refractivity contribution >= 4 is 57.7 Å². The van der Waals surface area contributed by atoms with E-state index in [0.29, 0.717) is 14.8 Å². The summed E-state index contributed by atoms with van der Waals surface area (Å²) in [5, 5.41) is 16.2. The number of β-lactam (4-membered cyclic amide) rings is 1. The number of amides is 7. The molecule has 4 rings (SSSR count). The molecule has 1 aromatic carbocycles. The van der Waals surface area contributed by atoms with Crippen LogP contribution in [0.15, 0.2) is 41.6 Å². The van der Waals surface area contributed by atoms with E-state index in [1.807, 2.05) is 0 Å². The van der Waals surface area contributed by atoms with Crippen LogP contribution in [0.1, 0.15) is 18.0 Å². The first-order chi connectivity index (χ1) is 19.8. The van der Waals surface area contributed by atoms with Gasteiger partial charge in [-0.1, -0.05) is 30.3 Å². The Kier molecular flexibility index (Phi) is 8.95. The van der Waals surface area contributed by atoms with E-state index >= 15 is 0 Å². The van der Waals surface area contributed by atoms with Gasteiger partial charge in [0, 0.05) is 31.5 Å². The zero-order valence-electron chi connectivity index (χ0n) is 22.4. The summed E-state index contributed by atoms with van der Waals surface area (Å²) in [7, 11) is -2.59. The molecule has 42 heavy (non-hydrogen) atoms. The van der Waals surface area contributed by atoms with Crippen LogP contribution < -0.4 is 16.0 Å². The predicted molar refractivity (Wildman–Crippen MR) is 146 cm³/mol. The summed E-state index contributed by atoms with van der Waals surface area (Å²) in [5.74, 6) is -2.83. The van der Waals surface area contributed by atoms with E-state index in [1.165, 1.54) is 7.05 Å². The number of urea groups is 2. The molecule has 1 aromatic rings. The Morgan fingerprint density at radius 1 is 1.14 bits per heavy atom. The van der Waals surface area contributed by atoms with Gasteiger partial charge in [-0.25, -0.2) is 36.8 Å². The van der Waals surface area contributed by atoms with Crippen LogP contribution in [-0.4, -0.2) is 114 Å². The SMILES string of the molecule is CNC(=O)OCC1=C(C(=O)O)N2C(=O)C(NC(=O)C(NC(=O)N3CCCN(S(C)(=O)=O)C3=O)c3ccccc3)[C@@H]2SC1. The Morgan fingerprint density at radius 3 is 2.45 bits per heavy atom. The molecule has 3 atom stereocenters. The number of aliphatic carboxylic acids is 1. The zero-order valence-corrected chi connectivity index (χ0v) is 24.1. The average Bonchev–Trinajstić information content (AvgIpc) is 2.96. The minimum absolute atomic E-state index is 0.0785. The Morgan fingerprint density at radius 2 is 1.83 bits per heavy atom. The monoisotopic (exact) mass is 624 g/mol. The summed E-state index contributed by atoms with van der Waals surface area (Å²) in [6, 6.07) is 3.39. The molecule has 3 aliphatic heterocycles. The molecule has 0 bridgehead atoms. The molecule has 0 radical (unpaired) electrons. The minimum atomic E-state index is -3.93. The normalized spacial score (nSPS) is 21.1. The molecule has 0 spiro atoms. The molecule has 0 aromatic heterocycles. The maximum atomic E-state index is 13.5. The molecule has 3 aliphatic rings. The number of nitrogens with zero attached hydrogens (tertiary/aromatic N) is 3. The first-order valence-electron chi connectivity index (χ1n) is 12.5. The van der Waals surface area contributed by atoms with Crippen molar-refractivity contribution in [1.82, 2.24) is 30.1 Å². The van der Waals surface area contributed by atoms with Crippen molar-refractivity contribution < 1.29 is 47.0 Å². The molecule has 0 saturated carbocycles. The number of imide groups is 1. The van der Waals surface area contributed by atoms with Crippen LogP contribution in [0.2, 0.25) is 0 Å². The van der Waals surface area contributed by atoms with E-state index in [-0.39, 0.29) is 43.1 Å². The summed E-state index contributed by atoms with van der Waals surface area (Å²) in [6.07, 6.45) is 0.260. The fourth-order valence-corrected chi connectivity index (χ4v) is 6.77. The zero-order chi connectivity index (χ0) is 30.8. The highest BCUT2D eigenvalue weighted by atomic mass is 32.2. The van der Waals surface area contributed by atoms with Crippen molar-refractivity contribution in [3.05, 3.63) is 47.2 Å². The molecular formula is C24H28N6O10S2. The quantitative estimate of drug-likeness (QED) is 0.274. The Hall–Kier alpha value is -4.32. The second-order valence-electron chi connectivity index (χ2n) is 9.40. The number of carboxylic acids is 1. The Balaban J connectivity index is 1.51. The standard InChI is InChI=1S/C24H28N6O10S2/c1-25-23(36)40-11-14-12-41-20-16(19(32)30(20)17(14)21(33)34)26-18(31)15(13-7-4-3-5-8-13)27-22(35)28-9-6-10-29(24(28)37)42(2,38)39/h3-5,7-8,15-16,20H,6,9-12H2,1-2H3,(H,25,36)(H,26,31)(H,27,35)(H,33,34)/t15?,16?,20-/m0/s1. The molecule has 7 amide bonds. The lowest BCUT2D eigenvalue weighted by Gasteiger charge is -2.49. The molecular weight excluding hydrogens is 596 g/mol. The maximum absolute atomic E-state index is 13.5. The Labute approximate surface area is 244 Å². The number of rotatable bonds is 8. The number of carbonyl (C=O) groups is 6. The lowest BCUT2D eigenvalue weighted by Crippen LogP contribution is -2.71. The maximum Gasteiger partial charge on any atom is 0.407 e. The highest BCUT2D eigenvalue weighted by Crippen LogP contribution is 2.40. The second kappa shape index (κ2) is 12.3. The van der Waals surface area contributed by atoms with Crippen LogP contribution in [0, 0.1) is 0 Å². The Bertz CT molecular complexity index is 1450. The summed E-state index contributed by atoms with van der Waals surface area (Å²) in [4.78, 5) is 77.5. The smallest absolute Gasteiger partial charge is 0.407 e. The second-order valence-corrected chi connectivity index (χ2v) is 12.4. The van der Waals surface area contributed by atoms with Crippen molar-refractivity contribution in [2.75, 3.05) is 38.8 Å². The minimum Gasteiger partial charge on any atom is -0.477 e. The third kappa shape index (κ3) is 6.13. The largest absolute Gasteiger partial charge is 0.477 e. The lowest BCUT2D eigenvalue weighted by molar-refractivity contribution is -0.151.